The largest absolute Gasteiger partial charge is 0.390 e. The number of fused-ring (bicyclic) bond motifs is 4. The first kappa shape index (κ1) is 29.3. The first-order chi connectivity index (χ1) is 21.3. The molecule has 4 heterocycles. The fraction of sp³-hybridized carbons (Fsp3) is 0. The van der Waals surface area contributed by atoms with Crippen molar-refractivity contribution in [1.82, 2.24) is 0 Å². The zero-order valence-corrected chi connectivity index (χ0v) is 29.0. The van der Waals surface area contributed by atoms with Crippen molar-refractivity contribution in [2.75, 3.05) is 11.5 Å². The first-order valence-electron chi connectivity index (χ1n) is 13.3. The second kappa shape index (κ2) is 11.8. The molecular formula is C34H20Br2N2O2S4. The van der Waals surface area contributed by atoms with E-state index in [0.717, 1.165) is 70.2 Å². The third kappa shape index (κ3) is 5.19. The van der Waals surface area contributed by atoms with Crippen LogP contribution in [0.5, 0.6) is 0 Å². The second-order valence-corrected chi connectivity index (χ2v) is 16.4. The molecule has 8 aromatic rings. The van der Waals surface area contributed by atoms with Gasteiger partial charge in [0.25, 0.3) is 0 Å². The van der Waals surface area contributed by atoms with Crippen LogP contribution < -0.4 is 22.3 Å². The van der Waals surface area contributed by atoms with Crippen molar-refractivity contribution in [3.63, 3.8) is 0 Å². The maximum Gasteiger partial charge on any atom is 0.197 e. The number of thiophene rings is 2. The Morgan fingerprint density at radius 2 is 0.909 bits per heavy atom. The summed E-state index contributed by atoms with van der Waals surface area (Å²) in [5, 5.41) is 4.38. The van der Waals surface area contributed by atoms with Crippen LogP contribution in [0.1, 0.15) is 0 Å². The number of anilines is 2. The minimum atomic E-state index is 0.0623. The van der Waals surface area contributed by atoms with Gasteiger partial charge < -0.3 is 11.5 Å². The highest BCUT2D eigenvalue weighted by atomic mass is 79.9. The highest BCUT2D eigenvalue weighted by molar-refractivity contribution is 9.10. The molecule has 4 N–H and O–H groups in total. The Morgan fingerprint density at radius 3 is 1.32 bits per heavy atom. The van der Waals surface area contributed by atoms with E-state index in [-0.39, 0.29) is 10.9 Å². The Kier molecular flexibility index (Phi) is 7.90. The summed E-state index contributed by atoms with van der Waals surface area (Å²) < 4.78 is 5.91. The third-order valence-corrected chi connectivity index (χ3v) is 12.7. The van der Waals surface area contributed by atoms with E-state index in [2.05, 4.69) is 31.9 Å². The Labute approximate surface area is 284 Å². The van der Waals surface area contributed by atoms with Crippen LogP contribution in [0.25, 0.3) is 61.2 Å². The first-order valence-corrected chi connectivity index (χ1v) is 18.1. The Hall–Kier alpha value is -3.38. The predicted octanol–water partition coefficient (Wildman–Crippen LogP) is 11.0. The Morgan fingerprint density at radius 1 is 0.500 bits per heavy atom. The van der Waals surface area contributed by atoms with Crippen LogP contribution in [0.4, 0.5) is 10.0 Å². The van der Waals surface area contributed by atoms with E-state index in [4.69, 9.17) is 11.5 Å². The normalized spacial score (nSPS) is 11.3. The number of benzene rings is 4. The molecule has 8 rings (SSSR count). The summed E-state index contributed by atoms with van der Waals surface area (Å²) in [6.45, 7) is 0. The van der Waals surface area contributed by atoms with Gasteiger partial charge in [-0.3, -0.25) is 9.59 Å². The lowest BCUT2D eigenvalue weighted by atomic mass is 10.0. The van der Waals surface area contributed by atoms with Crippen molar-refractivity contribution >= 4 is 126 Å². The standard InChI is InChI=1S/2C17H10BrNOS2/c2*18-10-5-3-4-9(8-10)13-14-15(20)11-6-1-2-7-12(11)21-17(14)22-16(13)19/h2*1-8H,19H2. The molecule has 0 spiro atoms. The Bertz CT molecular complexity index is 2340. The minimum absolute atomic E-state index is 0.0623. The van der Waals surface area contributed by atoms with Crippen molar-refractivity contribution in [2.45, 2.75) is 0 Å². The summed E-state index contributed by atoms with van der Waals surface area (Å²) in [5.41, 5.74) is 16.3. The van der Waals surface area contributed by atoms with E-state index in [1.54, 1.807) is 22.7 Å². The van der Waals surface area contributed by atoms with Crippen molar-refractivity contribution in [1.29, 1.82) is 0 Å². The van der Waals surface area contributed by atoms with Crippen molar-refractivity contribution < 1.29 is 0 Å². The van der Waals surface area contributed by atoms with Crippen LogP contribution in [0.15, 0.2) is 116 Å². The monoisotopic (exact) mass is 774 g/mol. The lowest BCUT2D eigenvalue weighted by Crippen LogP contribution is -2.01. The molecule has 0 bridgehead atoms. The molecule has 10 heteroatoms. The van der Waals surface area contributed by atoms with Gasteiger partial charge in [0.1, 0.15) is 0 Å². The molecule has 4 aromatic heterocycles. The van der Waals surface area contributed by atoms with Crippen LogP contribution in [0, 0.1) is 0 Å². The topological polar surface area (TPSA) is 86.2 Å². The van der Waals surface area contributed by atoms with Crippen molar-refractivity contribution in [2.24, 2.45) is 0 Å². The highest BCUT2D eigenvalue weighted by Crippen LogP contribution is 2.44. The molecule has 4 nitrogen and oxygen atoms in total. The van der Waals surface area contributed by atoms with E-state index < -0.39 is 0 Å². The van der Waals surface area contributed by atoms with E-state index in [9.17, 15) is 9.59 Å². The number of nitrogens with two attached hydrogens (primary N) is 2. The number of hydrogen-bond acceptors (Lipinski definition) is 8. The molecule has 0 fully saturated rings. The number of hydrogen-bond donors (Lipinski definition) is 2. The van der Waals surface area contributed by atoms with Gasteiger partial charge in [0, 0.05) is 40.2 Å². The fourth-order valence-electron chi connectivity index (χ4n) is 5.23. The van der Waals surface area contributed by atoms with Crippen LogP contribution in [0.3, 0.4) is 0 Å². The number of nitrogen functional groups attached to an aromatic ring is 2. The molecule has 0 unspecified atom stereocenters. The maximum absolute atomic E-state index is 12.9. The SMILES string of the molecule is Nc1sc2sc3ccccc3c(=O)c2c1-c1cccc(Br)c1.Nc1sc2sc3ccccc3c(=O)c2c1-c1cccc(Br)c1. The molecule has 0 radical (unpaired) electrons. The van der Waals surface area contributed by atoms with E-state index in [1.807, 2.05) is 97.1 Å². The molecule has 0 saturated heterocycles. The zero-order chi connectivity index (χ0) is 30.5. The molecule has 0 atom stereocenters. The predicted molar refractivity (Wildman–Crippen MR) is 202 cm³/mol. The van der Waals surface area contributed by atoms with Crippen LogP contribution in [0.2, 0.25) is 0 Å². The van der Waals surface area contributed by atoms with Crippen molar-refractivity contribution in [3.8, 4) is 22.3 Å². The zero-order valence-electron chi connectivity index (χ0n) is 22.6. The van der Waals surface area contributed by atoms with Gasteiger partial charge in [0.05, 0.1) is 28.8 Å². The molecule has 0 saturated carbocycles. The van der Waals surface area contributed by atoms with Gasteiger partial charge in [-0.05, 0) is 59.7 Å². The van der Waals surface area contributed by atoms with E-state index >= 15 is 0 Å². The molecule has 0 aliphatic rings. The highest BCUT2D eigenvalue weighted by Gasteiger charge is 2.19. The summed E-state index contributed by atoms with van der Waals surface area (Å²) in [4.78, 5) is 25.9. The van der Waals surface area contributed by atoms with Gasteiger partial charge in [0.2, 0.25) is 0 Å². The molecule has 216 valence electrons. The van der Waals surface area contributed by atoms with Gasteiger partial charge in [-0.15, -0.1) is 45.3 Å². The Balaban J connectivity index is 0.000000142. The second-order valence-electron chi connectivity index (χ2n) is 9.88. The molecule has 4 aromatic carbocycles. The average molecular weight is 777 g/mol. The van der Waals surface area contributed by atoms with Gasteiger partial charge in [-0.2, -0.15) is 0 Å². The van der Waals surface area contributed by atoms with Crippen molar-refractivity contribution in [3.05, 3.63) is 126 Å². The van der Waals surface area contributed by atoms with Gasteiger partial charge in [-0.25, -0.2) is 0 Å². The summed E-state index contributed by atoms with van der Waals surface area (Å²) >= 11 is 13.2. The number of rotatable bonds is 2. The quantitative estimate of drug-likeness (QED) is 0.183. The summed E-state index contributed by atoms with van der Waals surface area (Å²) in [6.07, 6.45) is 0. The lowest BCUT2D eigenvalue weighted by molar-refractivity contribution is 1.63. The molecule has 44 heavy (non-hydrogen) atoms. The average Bonchev–Trinajstić information content (AvgIpc) is 3.53. The minimum Gasteiger partial charge on any atom is -0.390 e. The summed E-state index contributed by atoms with van der Waals surface area (Å²) in [5.74, 6) is 0. The van der Waals surface area contributed by atoms with Crippen LogP contribution >= 0.6 is 77.2 Å². The number of halogens is 2. The lowest BCUT2D eigenvalue weighted by Gasteiger charge is -2.03. The molecular weight excluding hydrogens is 756 g/mol. The van der Waals surface area contributed by atoms with Gasteiger partial charge in [0.15, 0.2) is 10.9 Å². The molecule has 0 aliphatic heterocycles. The van der Waals surface area contributed by atoms with Gasteiger partial charge in [-0.1, -0.05) is 80.4 Å². The van der Waals surface area contributed by atoms with Gasteiger partial charge >= 0.3 is 0 Å². The summed E-state index contributed by atoms with van der Waals surface area (Å²) in [7, 11) is 0. The summed E-state index contributed by atoms with van der Waals surface area (Å²) in [6, 6.07) is 31.2. The smallest absolute Gasteiger partial charge is 0.197 e. The van der Waals surface area contributed by atoms with Crippen LogP contribution in [-0.2, 0) is 0 Å². The van der Waals surface area contributed by atoms with Crippen LogP contribution in [-0.4, -0.2) is 0 Å². The van der Waals surface area contributed by atoms with E-state index in [0.29, 0.717) is 10.0 Å². The maximum atomic E-state index is 12.9. The fourth-order valence-corrected chi connectivity index (χ4v) is 10.9. The third-order valence-electron chi connectivity index (χ3n) is 7.16. The molecule has 0 amide bonds. The molecule has 0 aliphatic carbocycles. The van der Waals surface area contributed by atoms with E-state index in [1.165, 1.54) is 22.7 Å².